The van der Waals surface area contributed by atoms with Gasteiger partial charge in [0.1, 0.15) is 12.4 Å². The van der Waals surface area contributed by atoms with Crippen molar-refractivity contribution < 1.29 is 4.74 Å². The third-order valence-corrected chi connectivity index (χ3v) is 3.75. The minimum Gasteiger partial charge on any atom is -0.489 e. The van der Waals surface area contributed by atoms with Crippen molar-refractivity contribution >= 4 is 17.0 Å². The van der Waals surface area contributed by atoms with E-state index in [1.807, 2.05) is 5.51 Å². The molecule has 1 N–H and O–H groups in total. The summed E-state index contributed by atoms with van der Waals surface area (Å²) in [6.45, 7) is 3.34. The van der Waals surface area contributed by atoms with Gasteiger partial charge in [0.05, 0.1) is 16.9 Å². The summed E-state index contributed by atoms with van der Waals surface area (Å²) in [6.07, 6.45) is 0. The monoisotopic (exact) mass is 275 g/mol. The number of anilines is 1. The Hall–Kier alpha value is -1.59. The van der Waals surface area contributed by atoms with Gasteiger partial charge in [0.15, 0.2) is 0 Å². The molecule has 0 atom stereocenters. The highest BCUT2D eigenvalue weighted by Gasteiger charge is 2.15. The molecule has 1 aliphatic rings. The number of benzene rings is 1. The van der Waals surface area contributed by atoms with Crippen molar-refractivity contribution in [2.75, 3.05) is 25.5 Å². The molecule has 1 aromatic carbocycles. The van der Waals surface area contributed by atoms with Crippen LogP contribution in [0.4, 0.5) is 5.69 Å². The van der Waals surface area contributed by atoms with Crippen molar-refractivity contribution in [3.05, 3.63) is 40.3 Å². The van der Waals surface area contributed by atoms with Gasteiger partial charge < -0.3 is 10.1 Å². The third kappa shape index (κ3) is 2.88. The number of hydrogen-bond donors (Lipinski definition) is 1. The summed E-state index contributed by atoms with van der Waals surface area (Å²) >= 11 is 1.64. The van der Waals surface area contributed by atoms with Crippen LogP contribution in [0, 0.1) is 0 Å². The van der Waals surface area contributed by atoms with E-state index >= 15 is 0 Å². The third-order valence-electron chi connectivity index (χ3n) is 3.12. The first-order chi connectivity index (χ1) is 9.33. The Morgan fingerprint density at radius 2 is 2.37 bits per heavy atom. The van der Waals surface area contributed by atoms with Gasteiger partial charge in [0, 0.05) is 30.6 Å². The Morgan fingerprint density at radius 1 is 1.42 bits per heavy atom. The number of para-hydroxylation sites is 1. The predicted molar refractivity (Wildman–Crippen MR) is 77.7 cm³/mol. The average Bonchev–Trinajstić information content (AvgIpc) is 2.92. The highest BCUT2D eigenvalue weighted by Crippen LogP contribution is 2.31. The fourth-order valence-electron chi connectivity index (χ4n) is 2.30. The van der Waals surface area contributed by atoms with Crippen molar-refractivity contribution in [2.24, 2.45) is 0 Å². The normalized spacial score (nSPS) is 13.8. The zero-order valence-corrected chi connectivity index (χ0v) is 11.7. The predicted octanol–water partition coefficient (Wildman–Crippen LogP) is 2.58. The first-order valence-corrected chi connectivity index (χ1v) is 7.31. The van der Waals surface area contributed by atoms with Crippen LogP contribution < -0.4 is 10.1 Å². The number of nitrogens with one attached hydrogen (secondary N) is 1. The molecule has 0 radical (unpaired) electrons. The molecule has 0 bridgehead atoms. The van der Waals surface area contributed by atoms with Crippen LogP contribution in [0.25, 0.3) is 0 Å². The maximum Gasteiger partial charge on any atom is 0.146 e. The van der Waals surface area contributed by atoms with Crippen molar-refractivity contribution in [2.45, 2.75) is 13.1 Å². The number of thiazole rings is 1. The van der Waals surface area contributed by atoms with E-state index in [-0.39, 0.29) is 0 Å². The van der Waals surface area contributed by atoms with E-state index in [1.54, 1.807) is 11.3 Å². The lowest BCUT2D eigenvalue weighted by Crippen LogP contribution is -2.22. The molecule has 2 heterocycles. The Bertz CT molecular complexity index is 542. The minimum atomic E-state index is 0.736. The van der Waals surface area contributed by atoms with Crippen LogP contribution in [-0.2, 0) is 13.1 Å². The van der Waals surface area contributed by atoms with Gasteiger partial charge in [-0.15, -0.1) is 11.3 Å². The van der Waals surface area contributed by atoms with E-state index in [9.17, 15) is 0 Å². The van der Waals surface area contributed by atoms with Crippen molar-refractivity contribution in [1.82, 2.24) is 9.88 Å². The molecule has 0 unspecified atom stereocenters. The second-order valence-corrected chi connectivity index (χ2v) is 5.44. The molecule has 0 saturated heterocycles. The van der Waals surface area contributed by atoms with E-state index in [0.29, 0.717) is 0 Å². The van der Waals surface area contributed by atoms with E-state index in [1.165, 1.54) is 5.56 Å². The maximum absolute atomic E-state index is 5.79. The number of fused-ring (bicyclic) bond motifs is 1. The molecule has 100 valence electrons. The summed E-state index contributed by atoms with van der Waals surface area (Å²) in [5.74, 6) is 0.999. The van der Waals surface area contributed by atoms with E-state index in [0.717, 1.165) is 43.4 Å². The lowest BCUT2D eigenvalue weighted by molar-refractivity contribution is 0.289. The van der Waals surface area contributed by atoms with Crippen LogP contribution in [-0.4, -0.2) is 30.1 Å². The quantitative estimate of drug-likeness (QED) is 0.930. The molecule has 4 nitrogen and oxygen atoms in total. The molecular formula is C14H17N3OS. The maximum atomic E-state index is 5.79. The summed E-state index contributed by atoms with van der Waals surface area (Å²) < 4.78 is 5.79. The van der Waals surface area contributed by atoms with Crippen molar-refractivity contribution in [1.29, 1.82) is 0 Å². The fraction of sp³-hybridized carbons (Fsp3) is 0.357. The van der Waals surface area contributed by atoms with E-state index in [2.05, 4.69) is 45.8 Å². The first-order valence-electron chi connectivity index (χ1n) is 6.37. The molecule has 0 spiro atoms. The Kier molecular flexibility index (Phi) is 3.66. The summed E-state index contributed by atoms with van der Waals surface area (Å²) in [5.41, 5.74) is 5.32. The van der Waals surface area contributed by atoms with Gasteiger partial charge in [-0.3, -0.25) is 4.90 Å². The number of rotatable bonds is 4. The van der Waals surface area contributed by atoms with Crippen LogP contribution in [0.15, 0.2) is 29.1 Å². The molecule has 1 aromatic heterocycles. The molecule has 0 saturated carbocycles. The average molecular weight is 275 g/mol. The molecule has 0 fully saturated rings. The largest absolute Gasteiger partial charge is 0.489 e. The summed E-state index contributed by atoms with van der Waals surface area (Å²) in [6, 6.07) is 6.27. The number of hydrogen-bond acceptors (Lipinski definition) is 5. The van der Waals surface area contributed by atoms with Crippen molar-refractivity contribution in [3.63, 3.8) is 0 Å². The van der Waals surface area contributed by atoms with Crippen LogP contribution in [0.2, 0.25) is 0 Å². The Balaban J connectivity index is 1.72. The van der Waals surface area contributed by atoms with Crippen LogP contribution >= 0.6 is 11.3 Å². The van der Waals surface area contributed by atoms with Gasteiger partial charge in [0.25, 0.3) is 0 Å². The van der Waals surface area contributed by atoms with Crippen LogP contribution in [0.5, 0.6) is 5.75 Å². The number of aromatic nitrogens is 1. The topological polar surface area (TPSA) is 37.4 Å². The Morgan fingerprint density at radius 3 is 3.21 bits per heavy atom. The molecule has 0 aliphatic carbocycles. The lowest BCUT2D eigenvalue weighted by atomic mass is 10.1. The molecule has 2 aromatic rings. The van der Waals surface area contributed by atoms with Crippen LogP contribution in [0.1, 0.15) is 11.3 Å². The van der Waals surface area contributed by atoms with Crippen LogP contribution in [0.3, 0.4) is 0 Å². The van der Waals surface area contributed by atoms with Gasteiger partial charge >= 0.3 is 0 Å². The SMILES string of the molecule is CN(Cc1cscn1)Cc1cccc2c1OCCN2. The fourth-order valence-corrected chi connectivity index (χ4v) is 2.85. The van der Waals surface area contributed by atoms with Gasteiger partial charge in [-0.2, -0.15) is 0 Å². The van der Waals surface area contributed by atoms with Gasteiger partial charge in [-0.05, 0) is 13.1 Å². The van der Waals surface area contributed by atoms with Gasteiger partial charge in [-0.25, -0.2) is 4.98 Å². The van der Waals surface area contributed by atoms with E-state index < -0.39 is 0 Å². The second kappa shape index (κ2) is 5.59. The minimum absolute atomic E-state index is 0.736. The summed E-state index contributed by atoms with van der Waals surface area (Å²) in [7, 11) is 2.11. The highest BCUT2D eigenvalue weighted by atomic mass is 32.1. The zero-order valence-electron chi connectivity index (χ0n) is 10.9. The standard InChI is InChI=1S/C14H17N3OS/c1-17(8-12-9-19-10-16-12)7-11-3-2-4-13-14(11)18-6-5-15-13/h2-4,9-10,15H,5-8H2,1H3. The smallest absolute Gasteiger partial charge is 0.146 e. The first kappa shape index (κ1) is 12.4. The highest BCUT2D eigenvalue weighted by molar-refractivity contribution is 7.07. The second-order valence-electron chi connectivity index (χ2n) is 4.72. The van der Waals surface area contributed by atoms with Gasteiger partial charge in [0.2, 0.25) is 0 Å². The molecule has 3 rings (SSSR count). The number of ether oxygens (including phenoxy) is 1. The Labute approximate surface area is 117 Å². The zero-order chi connectivity index (χ0) is 13.1. The molecule has 0 amide bonds. The van der Waals surface area contributed by atoms with Crippen molar-refractivity contribution in [3.8, 4) is 5.75 Å². The molecular weight excluding hydrogens is 258 g/mol. The lowest BCUT2D eigenvalue weighted by Gasteiger charge is -2.24. The summed E-state index contributed by atoms with van der Waals surface area (Å²) in [4.78, 5) is 6.57. The molecule has 19 heavy (non-hydrogen) atoms. The van der Waals surface area contributed by atoms with E-state index in [4.69, 9.17) is 4.74 Å². The molecule has 1 aliphatic heterocycles. The molecule has 5 heteroatoms. The van der Waals surface area contributed by atoms with Gasteiger partial charge in [-0.1, -0.05) is 12.1 Å². The number of nitrogens with zero attached hydrogens (tertiary/aromatic N) is 2. The summed E-state index contributed by atoms with van der Waals surface area (Å²) in [5, 5.41) is 5.46.